The molecule has 2 N–H and O–H groups in total. The molecule has 78 valence electrons. The number of aromatic amines is 1. The lowest BCUT2D eigenvalue weighted by molar-refractivity contribution is -0.111. The number of anilines is 1. The lowest BCUT2D eigenvalue weighted by Crippen LogP contribution is -2.08. The molecule has 1 amide bonds. The highest BCUT2D eigenvalue weighted by Crippen LogP contribution is 1.98. The number of nitrogens with one attached hydrogen (secondary N) is 2. The van der Waals surface area contributed by atoms with Gasteiger partial charge < -0.3 is 0 Å². The fraction of sp³-hybridized carbons (Fsp3) is 0. The van der Waals surface area contributed by atoms with Gasteiger partial charge >= 0.3 is 5.91 Å². The molecule has 0 aliphatic heterocycles. The van der Waals surface area contributed by atoms with E-state index in [4.69, 9.17) is 0 Å². The third kappa shape index (κ3) is 2.72. The third-order valence-electron chi connectivity index (χ3n) is 1.84. The van der Waals surface area contributed by atoms with E-state index in [-0.39, 0.29) is 5.91 Å². The van der Waals surface area contributed by atoms with Crippen LogP contribution in [0, 0.1) is 11.8 Å². The molecule has 2 rings (SSSR count). The summed E-state index contributed by atoms with van der Waals surface area (Å²) in [4.78, 5) is 11.3. The first-order chi connectivity index (χ1) is 7.84. The van der Waals surface area contributed by atoms with Crippen molar-refractivity contribution in [3.63, 3.8) is 0 Å². The lowest BCUT2D eigenvalue weighted by Gasteiger charge is -1.92. The number of benzene rings is 1. The molecule has 1 heterocycles. The molecular formula is C12H9N3O. The molecule has 1 aromatic carbocycles. The molecule has 0 aliphatic rings. The predicted octanol–water partition coefficient (Wildman–Crippen LogP) is 1.40. The second-order valence-corrected chi connectivity index (χ2v) is 3.03. The number of hydrogen-bond acceptors (Lipinski definition) is 2. The Morgan fingerprint density at radius 3 is 2.75 bits per heavy atom. The van der Waals surface area contributed by atoms with Gasteiger partial charge in [-0.2, -0.15) is 5.10 Å². The molecule has 0 saturated carbocycles. The van der Waals surface area contributed by atoms with E-state index in [2.05, 4.69) is 27.4 Å². The van der Waals surface area contributed by atoms with E-state index in [1.165, 1.54) is 0 Å². The highest BCUT2D eigenvalue weighted by molar-refractivity contribution is 6.03. The summed E-state index contributed by atoms with van der Waals surface area (Å²) in [6, 6.07) is 11.0. The predicted molar refractivity (Wildman–Crippen MR) is 60.5 cm³/mol. The minimum Gasteiger partial charge on any atom is -0.298 e. The van der Waals surface area contributed by atoms with Crippen molar-refractivity contribution in [3.8, 4) is 11.8 Å². The fourth-order valence-electron chi connectivity index (χ4n) is 1.13. The average molecular weight is 211 g/mol. The van der Waals surface area contributed by atoms with Gasteiger partial charge in [0, 0.05) is 23.7 Å². The SMILES string of the molecule is O=C(C#Cc1ccccc1)Nc1cc[nH]n1. The number of H-pyrrole nitrogens is 1. The molecule has 4 nitrogen and oxygen atoms in total. The molecule has 0 saturated heterocycles. The number of carbonyl (C=O) groups is 1. The Kier molecular flexibility index (Phi) is 3.00. The van der Waals surface area contributed by atoms with Crippen LogP contribution >= 0.6 is 0 Å². The lowest BCUT2D eigenvalue weighted by atomic mass is 10.2. The summed E-state index contributed by atoms with van der Waals surface area (Å²) in [6.45, 7) is 0. The largest absolute Gasteiger partial charge is 0.301 e. The Morgan fingerprint density at radius 2 is 2.06 bits per heavy atom. The van der Waals surface area contributed by atoms with Gasteiger partial charge in [-0.15, -0.1) is 0 Å². The normalized spacial score (nSPS) is 9.00. The number of nitrogens with zero attached hydrogens (tertiary/aromatic N) is 1. The molecular weight excluding hydrogens is 202 g/mol. The number of rotatable bonds is 1. The quantitative estimate of drug-likeness (QED) is 0.700. The Morgan fingerprint density at radius 1 is 1.25 bits per heavy atom. The van der Waals surface area contributed by atoms with Crippen molar-refractivity contribution in [2.45, 2.75) is 0 Å². The summed E-state index contributed by atoms with van der Waals surface area (Å²) in [7, 11) is 0. The monoisotopic (exact) mass is 211 g/mol. The smallest absolute Gasteiger partial charge is 0.298 e. The highest BCUT2D eigenvalue weighted by atomic mass is 16.1. The van der Waals surface area contributed by atoms with Crippen LogP contribution in [0.25, 0.3) is 0 Å². The van der Waals surface area contributed by atoms with Crippen LogP contribution < -0.4 is 5.32 Å². The number of aromatic nitrogens is 2. The van der Waals surface area contributed by atoms with E-state index in [1.807, 2.05) is 30.3 Å². The fourth-order valence-corrected chi connectivity index (χ4v) is 1.13. The Bertz CT molecular complexity index is 520. The molecule has 0 fully saturated rings. The third-order valence-corrected chi connectivity index (χ3v) is 1.84. The summed E-state index contributed by atoms with van der Waals surface area (Å²) in [6.07, 6.45) is 1.63. The molecule has 2 aromatic rings. The van der Waals surface area contributed by atoms with Gasteiger partial charge in [0.05, 0.1) is 0 Å². The van der Waals surface area contributed by atoms with Crippen molar-refractivity contribution in [1.29, 1.82) is 0 Å². The van der Waals surface area contributed by atoms with E-state index in [9.17, 15) is 4.79 Å². The molecule has 0 unspecified atom stereocenters. The number of amides is 1. The molecule has 0 aliphatic carbocycles. The van der Waals surface area contributed by atoms with Gasteiger partial charge in [0.1, 0.15) is 0 Å². The van der Waals surface area contributed by atoms with Gasteiger partial charge in [-0.1, -0.05) is 24.1 Å². The molecule has 16 heavy (non-hydrogen) atoms. The van der Waals surface area contributed by atoms with Crippen LogP contribution in [-0.4, -0.2) is 16.1 Å². The van der Waals surface area contributed by atoms with E-state index in [0.29, 0.717) is 5.82 Å². The van der Waals surface area contributed by atoms with Crippen molar-refractivity contribution in [1.82, 2.24) is 10.2 Å². The maximum absolute atomic E-state index is 11.3. The summed E-state index contributed by atoms with van der Waals surface area (Å²) < 4.78 is 0. The van der Waals surface area contributed by atoms with Crippen LogP contribution in [-0.2, 0) is 4.79 Å². The second kappa shape index (κ2) is 4.80. The Labute approximate surface area is 92.7 Å². The summed E-state index contributed by atoms with van der Waals surface area (Å²) in [5, 5.41) is 8.92. The van der Waals surface area contributed by atoms with E-state index in [0.717, 1.165) is 5.56 Å². The second-order valence-electron chi connectivity index (χ2n) is 3.03. The van der Waals surface area contributed by atoms with Gasteiger partial charge in [0.2, 0.25) is 0 Å². The summed E-state index contributed by atoms with van der Waals surface area (Å²) in [5.74, 6) is 5.33. The zero-order valence-corrected chi connectivity index (χ0v) is 8.40. The zero-order valence-electron chi connectivity index (χ0n) is 8.40. The van der Waals surface area contributed by atoms with E-state index < -0.39 is 0 Å². The highest BCUT2D eigenvalue weighted by Gasteiger charge is 1.97. The van der Waals surface area contributed by atoms with Crippen LogP contribution in [0.4, 0.5) is 5.82 Å². The standard InChI is InChI=1S/C12H9N3O/c16-12(14-11-8-9-13-15-11)7-6-10-4-2-1-3-5-10/h1-5,8-9H,(H2,13,14,15,16). The van der Waals surface area contributed by atoms with Gasteiger partial charge in [0.15, 0.2) is 5.82 Å². The average Bonchev–Trinajstić information content (AvgIpc) is 2.81. The first kappa shape index (κ1) is 9.99. The van der Waals surface area contributed by atoms with Gasteiger partial charge in [-0.05, 0) is 12.1 Å². The minimum absolute atomic E-state index is 0.379. The van der Waals surface area contributed by atoms with Crippen LogP contribution in [0.15, 0.2) is 42.6 Å². The first-order valence-corrected chi connectivity index (χ1v) is 4.72. The van der Waals surface area contributed by atoms with Crippen LogP contribution in [0.5, 0.6) is 0 Å². The molecule has 0 radical (unpaired) electrons. The summed E-state index contributed by atoms with van der Waals surface area (Å²) in [5.41, 5.74) is 0.805. The van der Waals surface area contributed by atoms with Crippen LogP contribution in [0.2, 0.25) is 0 Å². The molecule has 0 bridgehead atoms. The van der Waals surface area contributed by atoms with Crippen molar-refractivity contribution >= 4 is 11.7 Å². The Balaban J connectivity index is 2.01. The van der Waals surface area contributed by atoms with Crippen LogP contribution in [0.3, 0.4) is 0 Å². The van der Waals surface area contributed by atoms with Gasteiger partial charge in [-0.25, -0.2) is 0 Å². The number of hydrogen-bond donors (Lipinski definition) is 2. The minimum atomic E-state index is -0.379. The van der Waals surface area contributed by atoms with E-state index >= 15 is 0 Å². The molecule has 0 atom stereocenters. The first-order valence-electron chi connectivity index (χ1n) is 4.72. The topological polar surface area (TPSA) is 57.8 Å². The molecule has 4 heteroatoms. The summed E-state index contributed by atoms with van der Waals surface area (Å²) >= 11 is 0. The van der Waals surface area contributed by atoms with Crippen molar-refractivity contribution in [2.24, 2.45) is 0 Å². The maximum atomic E-state index is 11.3. The van der Waals surface area contributed by atoms with Crippen molar-refractivity contribution in [2.75, 3.05) is 5.32 Å². The van der Waals surface area contributed by atoms with Crippen molar-refractivity contribution < 1.29 is 4.79 Å². The number of carbonyl (C=O) groups excluding carboxylic acids is 1. The molecule has 0 spiro atoms. The van der Waals surface area contributed by atoms with Crippen LogP contribution in [0.1, 0.15) is 5.56 Å². The van der Waals surface area contributed by atoms with Gasteiger partial charge in [-0.3, -0.25) is 15.2 Å². The Hall–Kier alpha value is -2.54. The van der Waals surface area contributed by atoms with E-state index in [1.54, 1.807) is 12.3 Å². The van der Waals surface area contributed by atoms with Gasteiger partial charge in [0.25, 0.3) is 0 Å². The molecule has 1 aromatic heterocycles. The zero-order chi connectivity index (χ0) is 11.2. The maximum Gasteiger partial charge on any atom is 0.301 e. The van der Waals surface area contributed by atoms with Crippen molar-refractivity contribution in [3.05, 3.63) is 48.2 Å².